The zero-order valence-electron chi connectivity index (χ0n) is 10.9. The number of hydrogen-bond donors (Lipinski definition) is 3. The number of carboxylic acid groups (broad SMARTS) is 1. The van der Waals surface area contributed by atoms with E-state index in [0.29, 0.717) is 6.54 Å². The molecule has 2 rings (SSSR count). The quantitative estimate of drug-likeness (QED) is 0.681. The fourth-order valence-electron chi connectivity index (χ4n) is 2.96. The third-order valence-electron chi connectivity index (χ3n) is 4.43. The van der Waals surface area contributed by atoms with Crippen molar-refractivity contribution in [2.45, 2.75) is 51.0 Å². The Kier molecular flexibility index (Phi) is 3.61. The van der Waals surface area contributed by atoms with Crippen molar-refractivity contribution in [2.75, 3.05) is 13.1 Å². The fraction of sp³-hybridized carbons (Fsp3) is 0.846. The minimum absolute atomic E-state index is 0.0108. The molecule has 1 aliphatic heterocycles. The Bertz CT molecular complexity index is 344. The van der Waals surface area contributed by atoms with E-state index in [-0.39, 0.29) is 17.7 Å². The number of carbonyl (C=O) groups excluding carboxylic acids is 1. The van der Waals surface area contributed by atoms with E-state index in [1.807, 2.05) is 6.92 Å². The molecule has 1 heterocycles. The number of aliphatic carboxylic acids is 1. The molecule has 18 heavy (non-hydrogen) atoms. The summed E-state index contributed by atoms with van der Waals surface area (Å²) in [5.41, 5.74) is -0.662. The largest absolute Gasteiger partial charge is 0.481 e. The van der Waals surface area contributed by atoms with Crippen LogP contribution in [0.5, 0.6) is 0 Å². The van der Waals surface area contributed by atoms with Gasteiger partial charge in [0.2, 0.25) is 5.91 Å². The number of rotatable bonds is 5. The van der Waals surface area contributed by atoms with Crippen LogP contribution in [0.4, 0.5) is 0 Å². The van der Waals surface area contributed by atoms with E-state index in [2.05, 4.69) is 10.6 Å². The standard InChI is InChI=1S/C13H22N2O3/c1-12(4-3-7-15-12)11(18)14-9-13(5-2-6-13)8-10(16)17/h15H,2-9H2,1H3,(H,14,18)(H,16,17). The second-order valence-corrected chi connectivity index (χ2v) is 5.97. The maximum absolute atomic E-state index is 12.1. The lowest BCUT2D eigenvalue weighted by Crippen LogP contribution is -2.54. The average Bonchev–Trinajstić information content (AvgIpc) is 2.69. The molecule has 0 aromatic rings. The molecule has 0 spiro atoms. The highest BCUT2D eigenvalue weighted by atomic mass is 16.4. The summed E-state index contributed by atoms with van der Waals surface area (Å²) in [7, 11) is 0. The van der Waals surface area contributed by atoms with Gasteiger partial charge in [-0.1, -0.05) is 6.42 Å². The zero-order chi connectivity index (χ0) is 13.2. The first-order valence-corrected chi connectivity index (χ1v) is 6.71. The number of nitrogens with one attached hydrogen (secondary N) is 2. The highest BCUT2D eigenvalue weighted by molar-refractivity contribution is 5.86. The maximum atomic E-state index is 12.1. The van der Waals surface area contributed by atoms with E-state index in [1.54, 1.807) is 0 Å². The summed E-state index contributed by atoms with van der Waals surface area (Å²) in [4.78, 5) is 23.0. The molecule has 2 fully saturated rings. The topological polar surface area (TPSA) is 78.4 Å². The second-order valence-electron chi connectivity index (χ2n) is 5.97. The Morgan fingerprint density at radius 2 is 2.00 bits per heavy atom. The summed E-state index contributed by atoms with van der Waals surface area (Å²) >= 11 is 0. The molecule has 1 atom stereocenters. The van der Waals surface area contributed by atoms with Crippen LogP contribution in [-0.2, 0) is 9.59 Å². The van der Waals surface area contributed by atoms with Crippen LogP contribution in [0.25, 0.3) is 0 Å². The maximum Gasteiger partial charge on any atom is 0.303 e. The summed E-state index contributed by atoms with van der Waals surface area (Å²) in [5.74, 6) is -0.759. The Hall–Kier alpha value is -1.10. The van der Waals surface area contributed by atoms with Crippen LogP contribution in [0.1, 0.15) is 45.4 Å². The van der Waals surface area contributed by atoms with Crippen molar-refractivity contribution in [1.82, 2.24) is 10.6 Å². The van der Waals surface area contributed by atoms with Gasteiger partial charge in [-0.2, -0.15) is 0 Å². The van der Waals surface area contributed by atoms with Gasteiger partial charge < -0.3 is 15.7 Å². The monoisotopic (exact) mass is 254 g/mol. The molecule has 5 heteroatoms. The van der Waals surface area contributed by atoms with E-state index in [9.17, 15) is 9.59 Å². The lowest BCUT2D eigenvalue weighted by Gasteiger charge is -2.41. The lowest BCUT2D eigenvalue weighted by atomic mass is 9.66. The van der Waals surface area contributed by atoms with Gasteiger partial charge in [-0.15, -0.1) is 0 Å². The molecule has 102 valence electrons. The Labute approximate surface area is 107 Å². The molecule has 3 N–H and O–H groups in total. The van der Waals surface area contributed by atoms with Gasteiger partial charge in [0.1, 0.15) is 0 Å². The van der Waals surface area contributed by atoms with Crippen LogP contribution in [0.2, 0.25) is 0 Å². The van der Waals surface area contributed by atoms with E-state index < -0.39 is 11.5 Å². The molecule has 1 saturated heterocycles. The first kappa shape index (κ1) is 13.3. The van der Waals surface area contributed by atoms with Crippen molar-refractivity contribution in [3.05, 3.63) is 0 Å². The minimum atomic E-state index is -0.769. The van der Waals surface area contributed by atoms with Crippen molar-refractivity contribution in [3.63, 3.8) is 0 Å². The van der Waals surface area contributed by atoms with E-state index >= 15 is 0 Å². The van der Waals surface area contributed by atoms with Crippen molar-refractivity contribution in [1.29, 1.82) is 0 Å². The third-order valence-corrected chi connectivity index (χ3v) is 4.43. The molecule has 1 aliphatic carbocycles. The van der Waals surface area contributed by atoms with Gasteiger partial charge in [0.25, 0.3) is 0 Å². The van der Waals surface area contributed by atoms with Crippen molar-refractivity contribution < 1.29 is 14.7 Å². The molecule has 0 bridgehead atoms. The number of hydrogen-bond acceptors (Lipinski definition) is 3. The zero-order valence-corrected chi connectivity index (χ0v) is 10.9. The van der Waals surface area contributed by atoms with Gasteiger partial charge >= 0.3 is 5.97 Å². The number of carboxylic acids is 1. The number of amides is 1. The number of carbonyl (C=O) groups is 2. The van der Waals surface area contributed by atoms with Gasteiger partial charge in [-0.25, -0.2) is 0 Å². The van der Waals surface area contributed by atoms with Gasteiger partial charge in [-0.3, -0.25) is 9.59 Å². The predicted octanol–water partition coefficient (Wildman–Crippen LogP) is 0.890. The first-order chi connectivity index (χ1) is 8.46. The van der Waals surface area contributed by atoms with Crippen molar-refractivity contribution in [2.24, 2.45) is 5.41 Å². The van der Waals surface area contributed by atoms with Crippen LogP contribution in [-0.4, -0.2) is 35.6 Å². The molecular formula is C13H22N2O3. The normalized spacial score (nSPS) is 29.6. The molecule has 1 amide bonds. The van der Waals surface area contributed by atoms with Gasteiger partial charge in [0.15, 0.2) is 0 Å². The average molecular weight is 254 g/mol. The van der Waals surface area contributed by atoms with Gasteiger partial charge in [0, 0.05) is 6.54 Å². The smallest absolute Gasteiger partial charge is 0.303 e. The van der Waals surface area contributed by atoms with Gasteiger partial charge in [0.05, 0.1) is 12.0 Å². The summed E-state index contributed by atoms with van der Waals surface area (Å²) in [5, 5.41) is 15.1. The Morgan fingerprint density at radius 1 is 1.28 bits per heavy atom. The third kappa shape index (κ3) is 2.66. The molecule has 1 saturated carbocycles. The summed E-state index contributed by atoms with van der Waals surface area (Å²) in [6, 6.07) is 0. The second kappa shape index (κ2) is 4.88. The summed E-state index contributed by atoms with van der Waals surface area (Å²) in [6.07, 6.45) is 4.92. The molecule has 1 unspecified atom stereocenters. The molecule has 2 aliphatic rings. The highest BCUT2D eigenvalue weighted by Gasteiger charge is 2.41. The summed E-state index contributed by atoms with van der Waals surface area (Å²) in [6.45, 7) is 3.29. The Balaban J connectivity index is 1.86. The van der Waals surface area contributed by atoms with E-state index in [1.165, 1.54) is 0 Å². The molecular weight excluding hydrogens is 232 g/mol. The van der Waals surface area contributed by atoms with E-state index in [0.717, 1.165) is 38.6 Å². The van der Waals surface area contributed by atoms with Crippen LogP contribution in [0.15, 0.2) is 0 Å². The van der Waals surface area contributed by atoms with Crippen LogP contribution < -0.4 is 10.6 Å². The SMILES string of the molecule is CC1(C(=O)NCC2(CC(=O)O)CCC2)CCCN1. The first-order valence-electron chi connectivity index (χ1n) is 6.71. The van der Waals surface area contributed by atoms with Crippen LogP contribution >= 0.6 is 0 Å². The predicted molar refractivity (Wildman–Crippen MR) is 67.2 cm³/mol. The van der Waals surface area contributed by atoms with Crippen LogP contribution in [0.3, 0.4) is 0 Å². The van der Waals surface area contributed by atoms with Gasteiger partial charge in [-0.05, 0) is 44.6 Å². The van der Waals surface area contributed by atoms with E-state index in [4.69, 9.17) is 5.11 Å². The molecule has 5 nitrogen and oxygen atoms in total. The van der Waals surface area contributed by atoms with Crippen molar-refractivity contribution in [3.8, 4) is 0 Å². The van der Waals surface area contributed by atoms with Crippen LogP contribution in [0, 0.1) is 5.41 Å². The fourth-order valence-corrected chi connectivity index (χ4v) is 2.96. The minimum Gasteiger partial charge on any atom is -0.481 e. The highest BCUT2D eigenvalue weighted by Crippen LogP contribution is 2.43. The molecule has 0 aromatic carbocycles. The summed E-state index contributed by atoms with van der Waals surface area (Å²) < 4.78 is 0. The Morgan fingerprint density at radius 3 is 2.44 bits per heavy atom. The lowest BCUT2D eigenvalue weighted by molar-refractivity contribution is -0.142. The molecule has 0 aromatic heterocycles. The van der Waals surface area contributed by atoms with Crippen molar-refractivity contribution >= 4 is 11.9 Å². The molecule has 0 radical (unpaired) electrons.